The second kappa shape index (κ2) is 10.00. The van der Waals surface area contributed by atoms with Gasteiger partial charge in [-0.05, 0) is 29.5 Å². The van der Waals surface area contributed by atoms with E-state index in [1.807, 2.05) is 0 Å². The van der Waals surface area contributed by atoms with Gasteiger partial charge in [-0.2, -0.15) is 0 Å². The summed E-state index contributed by atoms with van der Waals surface area (Å²) in [7, 11) is 0. The maximum absolute atomic E-state index is 2.42. The molecule has 0 atom stereocenters. The summed E-state index contributed by atoms with van der Waals surface area (Å²) in [5.41, 5.74) is 4.01. The fourth-order valence-electron chi connectivity index (χ4n) is 2.81. The van der Waals surface area contributed by atoms with Gasteiger partial charge < -0.3 is 0 Å². The first-order valence-corrected chi connectivity index (χ1v) is 8.73. The lowest BCUT2D eigenvalue weighted by Gasteiger charge is -2.09. The molecule has 0 unspecified atom stereocenters. The molecule has 0 bridgehead atoms. The second-order valence-electron chi connectivity index (χ2n) is 5.91. The smallest absolute Gasteiger partial charge is 0.0151 e. The maximum atomic E-state index is 2.42. The van der Waals surface area contributed by atoms with Crippen LogP contribution in [0.2, 0.25) is 0 Å². The van der Waals surface area contributed by atoms with Crippen LogP contribution in [0.25, 0.3) is 5.57 Å². The van der Waals surface area contributed by atoms with E-state index in [2.05, 4.69) is 73.7 Å². The van der Waals surface area contributed by atoms with Gasteiger partial charge in [0.2, 0.25) is 0 Å². The SMILES string of the molecule is CCCCCCCCC=C(c1ccccc1)c1ccccc1. The topological polar surface area (TPSA) is 0 Å². The van der Waals surface area contributed by atoms with E-state index in [0.717, 1.165) is 0 Å². The molecule has 0 spiro atoms. The molecule has 0 aliphatic carbocycles. The summed E-state index contributed by atoms with van der Waals surface area (Å²) < 4.78 is 0. The highest BCUT2D eigenvalue weighted by molar-refractivity contribution is 5.79. The largest absolute Gasteiger partial charge is 0.0761 e. The van der Waals surface area contributed by atoms with Crippen molar-refractivity contribution in [2.24, 2.45) is 0 Å². The molecule has 0 aliphatic heterocycles. The zero-order valence-corrected chi connectivity index (χ0v) is 13.8. The molecule has 2 rings (SSSR count). The summed E-state index contributed by atoms with van der Waals surface area (Å²) >= 11 is 0. The van der Waals surface area contributed by atoms with Gasteiger partial charge in [-0.25, -0.2) is 0 Å². The Balaban J connectivity index is 1.98. The molecule has 0 fully saturated rings. The molecule has 0 radical (unpaired) electrons. The molecular weight excluding hydrogens is 264 g/mol. The van der Waals surface area contributed by atoms with E-state index >= 15 is 0 Å². The van der Waals surface area contributed by atoms with Crippen LogP contribution < -0.4 is 0 Å². The normalized spacial score (nSPS) is 10.4. The Hall–Kier alpha value is -1.82. The Kier molecular flexibility index (Phi) is 7.52. The van der Waals surface area contributed by atoms with Gasteiger partial charge in [-0.3, -0.25) is 0 Å². The molecule has 0 amide bonds. The molecule has 0 heterocycles. The van der Waals surface area contributed by atoms with Crippen LogP contribution in [0.15, 0.2) is 66.7 Å². The lowest BCUT2D eigenvalue weighted by Crippen LogP contribution is -1.88. The highest BCUT2D eigenvalue weighted by Crippen LogP contribution is 2.24. The minimum absolute atomic E-state index is 1.17. The van der Waals surface area contributed by atoms with Gasteiger partial charge in [0.25, 0.3) is 0 Å². The van der Waals surface area contributed by atoms with Crippen molar-refractivity contribution in [3.05, 3.63) is 77.9 Å². The Bertz CT molecular complexity index is 495. The van der Waals surface area contributed by atoms with Gasteiger partial charge in [0, 0.05) is 0 Å². The van der Waals surface area contributed by atoms with E-state index < -0.39 is 0 Å². The summed E-state index contributed by atoms with van der Waals surface area (Å²) in [6, 6.07) is 21.5. The van der Waals surface area contributed by atoms with Crippen molar-refractivity contribution < 1.29 is 0 Å². The minimum atomic E-state index is 1.17. The van der Waals surface area contributed by atoms with Gasteiger partial charge in [-0.1, -0.05) is 106 Å². The summed E-state index contributed by atoms with van der Waals surface area (Å²) in [6.45, 7) is 2.27. The van der Waals surface area contributed by atoms with E-state index in [1.54, 1.807) is 0 Å². The number of rotatable bonds is 9. The number of hydrogen-bond donors (Lipinski definition) is 0. The predicted octanol–water partition coefficient (Wildman–Crippen LogP) is 6.87. The molecule has 0 N–H and O–H groups in total. The van der Waals surface area contributed by atoms with E-state index in [9.17, 15) is 0 Å². The van der Waals surface area contributed by atoms with Crippen molar-refractivity contribution in [2.75, 3.05) is 0 Å². The van der Waals surface area contributed by atoms with E-state index in [-0.39, 0.29) is 0 Å². The minimum Gasteiger partial charge on any atom is -0.0761 e. The Morgan fingerprint density at radius 3 is 1.73 bits per heavy atom. The average Bonchev–Trinajstić information content (AvgIpc) is 2.59. The highest BCUT2D eigenvalue weighted by Gasteiger charge is 2.03. The summed E-state index contributed by atoms with van der Waals surface area (Å²) in [4.78, 5) is 0. The van der Waals surface area contributed by atoms with Gasteiger partial charge in [-0.15, -0.1) is 0 Å². The summed E-state index contributed by atoms with van der Waals surface area (Å²) in [5.74, 6) is 0. The van der Waals surface area contributed by atoms with Crippen LogP contribution in [0.1, 0.15) is 63.0 Å². The van der Waals surface area contributed by atoms with E-state index in [1.165, 1.54) is 61.6 Å². The zero-order valence-electron chi connectivity index (χ0n) is 13.8. The van der Waals surface area contributed by atoms with Crippen LogP contribution in [-0.4, -0.2) is 0 Å². The van der Waals surface area contributed by atoms with Crippen LogP contribution >= 0.6 is 0 Å². The van der Waals surface area contributed by atoms with E-state index in [0.29, 0.717) is 0 Å². The first-order chi connectivity index (χ1) is 10.9. The van der Waals surface area contributed by atoms with Crippen molar-refractivity contribution in [3.63, 3.8) is 0 Å². The number of unbranched alkanes of at least 4 members (excludes halogenated alkanes) is 6. The van der Waals surface area contributed by atoms with Crippen molar-refractivity contribution in [3.8, 4) is 0 Å². The van der Waals surface area contributed by atoms with Gasteiger partial charge in [0.15, 0.2) is 0 Å². The molecule has 0 nitrogen and oxygen atoms in total. The third-order valence-corrected chi connectivity index (χ3v) is 4.08. The average molecular weight is 292 g/mol. The van der Waals surface area contributed by atoms with Gasteiger partial charge in [0.1, 0.15) is 0 Å². The maximum Gasteiger partial charge on any atom is -0.0151 e. The van der Waals surface area contributed by atoms with Crippen LogP contribution in [-0.2, 0) is 0 Å². The number of allylic oxidation sites excluding steroid dienone is 1. The molecule has 0 aliphatic rings. The summed E-state index contributed by atoms with van der Waals surface area (Å²) in [5, 5.41) is 0. The van der Waals surface area contributed by atoms with Crippen LogP contribution in [0, 0.1) is 0 Å². The van der Waals surface area contributed by atoms with Gasteiger partial charge in [0.05, 0.1) is 0 Å². The third kappa shape index (κ3) is 5.52. The monoisotopic (exact) mass is 292 g/mol. The van der Waals surface area contributed by atoms with Crippen LogP contribution in [0.3, 0.4) is 0 Å². The molecule has 116 valence electrons. The zero-order chi connectivity index (χ0) is 15.5. The Morgan fingerprint density at radius 2 is 1.18 bits per heavy atom. The van der Waals surface area contributed by atoms with Crippen LogP contribution in [0.4, 0.5) is 0 Å². The fraction of sp³-hybridized carbons (Fsp3) is 0.364. The lowest BCUT2D eigenvalue weighted by molar-refractivity contribution is 0.611. The standard InChI is InChI=1S/C22H28/c1-2-3-4-5-6-7-14-19-22(20-15-10-8-11-16-20)21-17-12-9-13-18-21/h8-13,15-19H,2-7,14H2,1H3. The molecule has 22 heavy (non-hydrogen) atoms. The molecule has 0 heteroatoms. The van der Waals surface area contributed by atoms with Gasteiger partial charge >= 0.3 is 0 Å². The molecule has 0 aromatic heterocycles. The number of hydrogen-bond acceptors (Lipinski definition) is 0. The number of benzene rings is 2. The molecule has 0 saturated heterocycles. The van der Waals surface area contributed by atoms with Crippen molar-refractivity contribution >= 4 is 5.57 Å². The quantitative estimate of drug-likeness (QED) is 0.442. The highest BCUT2D eigenvalue weighted by atomic mass is 14.1. The third-order valence-electron chi connectivity index (χ3n) is 4.08. The Labute approximate surface area is 135 Å². The lowest BCUT2D eigenvalue weighted by atomic mass is 9.96. The predicted molar refractivity (Wildman–Crippen MR) is 98.0 cm³/mol. The first kappa shape index (κ1) is 16.5. The van der Waals surface area contributed by atoms with Crippen molar-refractivity contribution in [1.29, 1.82) is 0 Å². The van der Waals surface area contributed by atoms with Crippen molar-refractivity contribution in [1.82, 2.24) is 0 Å². The van der Waals surface area contributed by atoms with Crippen LogP contribution in [0.5, 0.6) is 0 Å². The fourth-order valence-corrected chi connectivity index (χ4v) is 2.81. The molecule has 2 aromatic rings. The first-order valence-electron chi connectivity index (χ1n) is 8.73. The second-order valence-corrected chi connectivity index (χ2v) is 5.91. The van der Waals surface area contributed by atoms with Crippen molar-refractivity contribution in [2.45, 2.75) is 51.9 Å². The van der Waals surface area contributed by atoms with E-state index in [4.69, 9.17) is 0 Å². The molecule has 2 aromatic carbocycles. The summed E-state index contributed by atoms with van der Waals surface area (Å²) in [6.07, 6.45) is 11.7. The molecule has 0 saturated carbocycles. The Morgan fingerprint density at radius 1 is 0.682 bits per heavy atom. The molecular formula is C22H28.